The lowest BCUT2D eigenvalue weighted by Crippen LogP contribution is -2.55. The van der Waals surface area contributed by atoms with Gasteiger partial charge in [-0.2, -0.15) is 0 Å². The van der Waals surface area contributed by atoms with Crippen LogP contribution in [0, 0.1) is 2.88 Å². The minimum atomic E-state index is 0. The third kappa shape index (κ3) is 3.81. The molecule has 1 aromatic rings. The molecule has 6 heteroatoms. The van der Waals surface area contributed by atoms with Crippen LogP contribution >= 0.6 is 46.3 Å². The molecule has 1 aliphatic rings. The third-order valence-electron chi connectivity index (χ3n) is 2.66. The van der Waals surface area contributed by atoms with E-state index in [4.69, 9.17) is 0 Å². The molecule has 0 aromatic carbocycles. The number of rotatable bonds is 1. The van der Waals surface area contributed by atoms with E-state index in [2.05, 4.69) is 41.8 Å². The minimum absolute atomic E-state index is 0. The van der Waals surface area contributed by atoms with E-state index in [1.807, 2.05) is 16.3 Å². The van der Waals surface area contributed by atoms with Gasteiger partial charge in [0.25, 0.3) is 5.91 Å². The molecule has 1 aliphatic heterocycles. The van der Waals surface area contributed by atoms with Gasteiger partial charge in [-0.15, -0.1) is 23.7 Å². The molecule has 1 aromatic heterocycles. The van der Waals surface area contributed by atoms with E-state index in [0.717, 1.165) is 21.5 Å². The molecule has 2 unspecified atom stereocenters. The Morgan fingerprint density at radius 2 is 2.06 bits per heavy atom. The second-order valence-electron chi connectivity index (χ2n) is 4.32. The van der Waals surface area contributed by atoms with Crippen LogP contribution in [0.4, 0.5) is 0 Å². The van der Waals surface area contributed by atoms with Crippen molar-refractivity contribution < 1.29 is 4.79 Å². The first kappa shape index (κ1) is 15.2. The van der Waals surface area contributed by atoms with Gasteiger partial charge in [-0.1, -0.05) is 0 Å². The van der Waals surface area contributed by atoms with Gasteiger partial charge >= 0.3 is 0 Å². The van der Waals surface area contributed by atoms with Crippen molar-refractivity contribution in [1.82, 2.24) is 10.2 Å². The molecule has 0 saturated carbocycles. The Labute approximate surface area is 126 Å². The maximum absolute atomic E-state index is 12.2. The smallest absolute Gasteiger partial charge is 0.254 e. The van der Waals surface area contributed by atoms with Gasteiger partial charge in [0.15, 0.2) is 0 Å². The molecule has 1 fully saturated rings. The number of amides is 1. The number of hydrogen-bond acceptors (Lipinski definition) is 3. The topological polar surface area (TPSA) is 32.3 Å². The molecule has 0 spiro atoms. The van der Waals surface area contributed by atoms with E-state index < -0.39 is 0 Å². The normalized spacial score (nSPS) is 24.3. The van der Waals surface area contributed by atoms with Crippen molar-refractivity contribution in [2.24, 2.45) is 0 Å². The predicted octanol–water partition coefficient (Wildman–Crippen LogP) is 2.60. The number of thiophene rings is 1. The molecule has 0 bridgehead atoms. The number of piperazine rings is 1. The van der Waals surface area contributed by atoms with Gasteiger partial charge in [0.1, 0.15) is 0 Å². The Kier molecular flexibility index (Phi) is 5.69. The summed E-state index contributed by atoms with van der Waals surface area (Å²) in [5.74, 6) is 0.166. The fraction of sp³-hybridized carbons (Fsp3) is 0.545. The van der Waals surface area contributed by atoms with E-state index >= 15 is 0 Å². The Bertz CT molecular complexity index is 389. The van der Waals surface area contributed by atoms with Crippen LogP contribution < -0.4 is 5.32 Å². The zero-order valence-electron chi connectivity index (χ0n) is 9.77. The number of nitrogens with zero attached hydrogens (tertiary/aromatic N) is 1. The summed E-state index contributed by atoms with van der Waals surface area (Å²) in [7, 11) is 0. The maximum Gasteiger partial charge on any atom is 0.254 e. The largest absolute Gasteiger partial charge is 0.336 e. The number of carbonyl (C=O) groups excluding carboxylic acids is 1. The molecule has 96 valence electrons. The quantitative estimate of drug-likeness (QED) is 0.753. The fourth-order valence-electron chi connectivity index (χ4n) is 2.10. The highest BCUT2D eigenvalue weighted by atomic mass is 127. The SMILES string of the molecule is CC1CN(C(=O)c2csc(I)c2)CC(C)N1.Cl. The molecule has 1 N–H and O–H groups in total. The summed E-state index contributed by atoms with van der Waals surface area (Å²) < 4.78 is 1.16. The van der Waals surface area contributed by atoms with Crippen molar-refractivity contribution in [3.63, 3.8) is 0 Å². The highest BCUT2D eigenvalue weighted by Crippen LogP contribution is 2.19. The van der Waals surface area contributed by atoms with Crippen LogP contribution in [0.25, 0.3) is 0 Å². The fourth-order valence-corrected chi connectivity index (χ4v) is 3.42. The van der Waals surface area contributed by atoms with Crippen molar-refractivity contribution in [2.45, 2.75) is 25.9 Å². The average Bonchev–Trinajstić information content (AvgIpc) is 2.62. The second-order valence-corrected chi connectivity index (χ2v) is 7.12. The zero-order valence-corrected chi connectivity index (χ0v) is 13.6. The summed E-state index contributed by atoms with van der Waals surface area (Å²) in [6, 6.07) is 2.72. The lowest BCUT2D eigenvalue weighted by Gasteiger charge is -2.36. The van der Waals surface area contributed by atoms with Crippen LogP contribution in [0.2, 0.25) is 0 Å². The van der Waals surface area contributed by atoms with E-state index in [1.54, 1.807) is 11.3 Å². The van der Waals surface area contributed by atoms with Gasteiger partial charge in [-0.05, 0) is 42.5 Å². The molecule has 1 saturated heterocycles. The van der Waals surface area contributed by atoms with Crippen molar-refractivity contribution in [2.75, 3.05) is 13.1 Å². The number of hydrogen-bond donors (Lipinski definition) is 1. The summed E-state index contributed by atoms with van der Waals surface area (Å²) in [5.41, 5.74) is 0.829. The summed E-state index contributed by atoms with van der Waals surface area (Å²) in [6.07, 6.45) is 0. The van der Waals surface area contributed by atoms with Gasteiger partial charge < -0.3 is 10.2 Å². The zero-order chi connectivity index (χ0) is 11.7. The third-order valence-corrected chi connectivity index (χ3v) is 4.45. The van der Waals surface area contributed by atoms with E-state index in [1.165, 1.54) is 0 Å². The van der Waals surface area contributed by atoms with Crippen LogP contribution in [-0.4, -0.2) is 36.0 Å². The van der Waals surface area contributed by atoms with Crippen molar-refractivity contribution in [3.05, 3.63) is 19.9 Å². The highest BCUT2D eigenvalue weighted by Gasteiger charge is 2.25. The summed E-state index contributed by atoms with van der Waals surface area (Å²) in [4.78, 5) is 14.2. The van der Waals surface area contributed by atoms with Gasteiger partial charge in [0.05, 0.1) is 8.45 Å². The van der Waals surface area contributed by atoms with E-state index in [0.29, 0.717) is 12.1 Å². The van der Waals surface area contributed by atoms with Crippen molar-refractivity contribution in [3.8, 4) is 0 Å². The van der Waals surface area contributed by atoms with Crippen LogP contribution in [0.15, 0.2) is 11.4 Å². The molecule has 2 rings (SSSR count). The molecule has 2 heterocycles. The number of halogens is 2. The van der Waals surface area contributed by atoms with Gasteiger partial charge in [0, 0.05) is 30.6 Å². The number of carbonyl (C=O) groups is 1. The standard InChI is InChI=1S/C11H15IN2OS.ClH/c1-7-4-14(5-8(2)13-7)11(15)9-3-10(12)16-6-9;/h3,6-8,13H,4-5H2,1-2H3;1H. The Balaban J connectivity index is 0.00000144. The molecular weight excluding hydrogens is 371 g/mol. The van der Waals surface area contributed by atoms with Crippen LogP contribution in [0.5, 0.6) is 0 Å². The Morgan fingerprint density at radius 1 is 1.47 bits per heavy atom. The monoisotopic (exact) mass is 386 g/mol. The lowest BCUT2D eigenvalue weighted by atomic mass is 10.1. The Hall–Kier alpha value is 0.150. The van der Waals surface area contributed by atoms with Crippen molar-refractivity contribution in [1.29, 1.82) is 0 Å². The van der Waals surface area contributed by atoms with Crippen LogP contribution in [-0.2, 0) is 0 Å². The minimum Gasteiger partial charge on any atom is -0.336 e. The van der Waals surface area contributed by atoms with Gasteiger partial charge in [-0.3, -0.25) is 4.79 Å². The molecule has 3 nitrogen and oxygen atoms in total. The van der Waals surface area contributed by atoms with E-state index in [-0.39, 0.29) is 18.3 Å². The van der Waals surface area contributed by atoms with Crippen molar-refractivity contribution >= 4 is 52.2 Å². The van der Waals surface area contributed by atoms with Crippen LogP contribution in [0.1, 0.15) is 24.2 Å². The molecular formula is C11H16ClIN2OS. The van der Waals surface area contributed by atoms with Gasteiger partial charge in [-0.25, -0.2) is 0 Å². The van der Waals surface area contributed by atoms with E-state index in [9.17, 15) is 4.79 Å². The average molecular weight is 387 g/mol. The van der Waals surface area contributed by atoms with Gasteiger partial charge in [0.2, 0.25) is 0 Å². The van der Waals surface area contributed by atoms with Crippen LogP contribution in [0.3, 0.4) is 0 Å². The summed E-state index contributed by atoms with van der Waals surface area (Å²) >= 11 is 3.87. The molecule has 0 aliphatic carbocycles. The summed E-state index contributed by atoms with van der Waals surface area (Å²) in [5, 5.41) is 5.37. The maximum atomic E-state index is 12.2. The summed E-state index contributed by atoms with van der Waals surface area (Å²) in [6.45, 7) is 5.84. The first-order valence-corrected chi connectivity index (χ1v) is 7.31. The Morgan fingerprint density at radius 3 is 2.53 bits per heavy atom. The molecule has 17 heavy (non-hydrogen) atoms. The first-order chi connectivity index (χ1) is 7.56. The lowest BCUT2D eigenvalue weighted by molar-refractivity contribution is 0.0674. The molecule has 2 atom stereocenters. The molecule has 0 radical (unpaired) electrons. The number of nitrogens with one attached hydrogen (secondary N) is 1. The second kappa shape index (κ2) is 6.36. The molecule has 1 amide bonds. The highest BCUT2D eigenvalue weighted by molar-refractivity contribution is 14.1. The first-order valence-electron chi connectivity index (χ1n) is 5.35. The predicted molar refractivity (Wildman–Crippen MR) is 82.2 cm³/mol.